The molecule has 2 atom stereocenters. The Morgan fingerprint density at radius 2 is 1.59 bits per heavy atom. The van der Waals surface area contributed by atoms with Crippen molar-refractivity contribution in [1.82, 2.24) is 10.2 Å². The highest BCUT2D eigenvalue weighted by Gasteiger charge is 2.31. The van der Waals surface area contributed by atoms with Gasteiger partial charge < -0.3 is 15.0 Å². The largest absolute Gasteiger partial charge is 0.484 e. The monoisotopic (exact) mass is 540 g/mol. The molecule has 0 spiro atoms. The normalized spacial score (nSPS) is 12.5. The standard InChI is InChI=1S/C30H34Cl2N2O3/c1-5-22(4)33-30(36)28(17-23-9-7-6-8-10-23)34(18-24-11-12-26(31)27(32)16-24)29(35)19-37-25-14-20(2)13-21(3)15-25/h6-16,22,28H,5,17-19H2,1-4H3,(H,33,36)/t22-,28+/m0/s1. The van der Waals surface area contributed by atoms with E-state index in [0.717, 1.165) is 28.7 Å². The first kappa shape index (κ1) is 28.5. The van der Waals surface area contributed by atoms with Crippen molar-refractivity contribution in [3.63, 3.8) is 0 Å². The average molecular weight is 542 g/mol. The Morgan fingerprint density at radius 3 is 2.22 bits per heavy atom. The molecule has 0 radical (unpaired) electrons. The van der Waals surface area contributed by atoms with Gasteiger partial charge in [-0.3, -0.25) is 9.59 Å². The zero-order valence-electron chi connectivity index (χ0n) is 21.8. The fourth-order valence-corrected chi connectivity index (χ4v) is 4.39. The van der Waals surface area contributed by atoms with Crippen LogP contribution in [0.2, 0.25) is 10.0 Å². The summed E-state index contributed by atoms with van der Waals surface area (Å²) in [6.45, 7) is 7.89. The molecule has 0 saturated carbocycles. The van der Waals surface area contributed by atoms with Crippen LogP contribution in [0.3, 0.4) is 0 Å². The summed E-state index contributed by atoms with van der Waals surface area (Å²) < 4.78 is 5.90. The fraction of sp³-hybridized carbons (Fsp3) is 0.333. The van der Waals surface area contributed by atoms with E-state index in [-0.39, 0.29) is 31.0 Å². The number of carbonyl (C=O) groups excluding carboxylic acids is 2. The van der Waals surface area contributed by atoms with Gasteiger partial charge in [-0.05, 0) is 73.7 Å². The lowest BCUT2D eigenvalue weighted by Crippen LogP contribution is -2.53. The van der Waals surface area contributed by atoms with Crippen molar-refractivity contribution in [2.24, 2.45) is 0 Å². The Balaban J connectivity index is 1.94. The van der Waals surface area contributed by atoms with Crippen LogP contribution >= 0.6 is 23.2 Å². The molecule has 3 aromatic rings. The van der Waals surface area contributed by atoms with E-state index in [1.165, 1.54) is 0 Å². The van der Waals surface area contributed by atoms with E-state index in [1.807, 2.05) is 82.3 Å². The number of benzene rings is 3. The van der Waals surface area contributed by atoms with E-state index in [9.17, 15) is 9.59 Å². The minimum atomic E-state index is -0.749. The summed E-state index contributed by atoms with van der Waals surface area (Å²) in [5.41, 5.74) is 3.81. The molecule has 7 heteroatoms. The molecule has 0 fully saturated rings. The van der Waals surface area contributed by atoms with Crippen molar-refractivity contribution in [1.29, 1.82) is 0 Å². The quantitative estimate of drug-likeness (QED) is 0.300. The molecule has 0 saturated heterocycles. The van der Waals surface area contributed by atoms with Crippen LogP contribution in [0, 0.1) is 13.8 Å². The maximum absolute atomic E-state index is 13.7. The van der Waals surface area contributed by atoms with Gasteiger partial charge in [0.1, 0.15) is 11.8 Å². The molecule has 2 amide bonds. The van der Waals surface area contributed by atoms with Crippen molar-refractivity contribution >= 4 is 35.0 Å². The second-order valence-corrected chi connectivity index (χ2v) is 10.2. The molecule has 0 heterocycles. The summed E-state index contributed by atoms with van der Waals surface area (Å²) in [4.78, 5) is 28.8. The molecule has 0 aliphatic heterocycles. The molecule has 196 valence electrons. The van der Waals surface area contributed by atoms with Gasteiger partial charge in [0, 0.05) is 19.0 Å². The molecule has 0 aromatic heterocycles. The SMILES string of the molecule is CC[C@H](C)NC(=O)[C@@H](Cc1ccccc1)N(Cc1ccc(Cl)c(Cl)c1)C(=O)COc1cc(C)cc(C)c1. The second-order valence-electron chi connectivity index (χ2n) is 9.41. The van der Waals surface area contributed by atoms with Crippen LogP contribution in [0.15, 0.2) is 66.7 Å². The maximum Gasteiger partial charge on any atom is 0.261 e. The summed E-state index contributed by atoms with van der Waals surface area (Å²) in [5, 5.41) is 3.88. The second kappa shape index (κ2) is 13.5. The Hall–Kier alpha value is -3.02. The van der Waals surface area contributed by atoms with Gasteiger partial charge in [-0.25, -0.2) is 0 Å². The number of hydrogen-bond donors (Lipinski definition) is 1. The summed E-state index contributed by atoms with van der Waals surface area (Å²) in [7, 11) is 0. The third-order valence-electron chi connectivity index (χ3n) is 6.17. The van der Waals surface area contributed by atoms with Crippen molar-refractivity contribution in [3.05, 3.63) is 99.0 Å². The first-order valence-electron chi connectivity index (χ1n) is 12.4. The first-order valence-corrected chi connectivity index (χ1v) is 13.2. The molecule has 3 rings (SSSR count). The Bertz CT molecular complexity index is 1200. The predicted octanol–water partition coefficient (Wildman–Crippen LogP) is 6.54. The lowest BCUT2D eigenvalue weighted by atomic mass is 10.0. The first-order chi connectivity index (χ1) is 17.7. The summed E-state index contributed by atoms with van der Waals surface area (Å²) in [6.07, 6.45) is 1.14. The van der Waals surface area contributed by atoms with Crippen LogP contribution in [-0.2, 0) is 22.6 Å². The number of ether oxygens (including phenoxy) is 1. The molecule has 37 heavy (non-hydrogen) atoms. The fourth-order valence-electron chi connectivity index (χ4n) is 4.07. The number of aryl methyl sites for hydroxylation is 2. The van der Waals surface area contributed by atoms with Crippen molar-refractivity contribution in [2.75, 3.05) is 6.61 Å². The Morgan fingerprint density at radius 1 is 0.919 bits per heavy atom. The van der Waals surface area contributed by atoms with E-state index in [1.54, 1.807) is 17.0 Å². The number of halogens is 2. The summed E-state index contributed by atoms with van der Waals surface area (Å²) >= 11 is 12.4. The minimum Gasteiger partial charge on any atom is -0.484 e. The molecule has 5 nitrogen and oxygen atoms in total. The highest BCUT2D eigenvalue weighted by atomic mass is 35.5. The van der Waals surface area contributed by atoms with Crippen molar-refractivity contribution in [2.45, 2.75) is 59.2 Å². The number of amides is 2. The predicted molar refractivity (Wildman–Crippen MR) is 150 cm³/mol. The van der Waals surface area contributed by atoms with Gasteiger partial charge in [0.15, 0.2) is 6.61 Å². The van der Waals surface area contributed by atoms with Gasteiger partial charge in [-0.1, -0.05) is 72.6 Å². The number of nitrogens with one attached hydrogen (secondary N) is 1. The Kier molecular flexibility index (Phi) is 10.4. The maximum atomic E-state index is 13.7. The molecular formula is C30H34Cl2N2O3. The summed E-state index contributed by atoms with van der Waals surface area (Å²) in [5.74, 6) is 0.104. The van der Waals surface area contributed by atoms with E-state index in [2.05, 4.69) is 5.32 Å². The van der Waals surface area contributed by atoms with Crippen LogP contribution < -0.4 is 10.1 Å². The number of hydrogen-bond acceptors (Lipinski definition) is 3. The van der Waals surface area contributed by atoms with Crippen LogP contribution in [0.1, 0.15) is 42.5 Å². The van der Waals surface area contributed by atoms with Crippen LogP contribution in [0.25, 0.3) is 0 Å². The van der Waals surface area contributed by atoms with Gasteiger partial charge in [-0.15, -0.1) is 0 Å². The molecule has 0 bridgehead atoms. The zero-order chi connectivity index (χ0) is 26.9. The molecule has 3 aromatic carbocycles. The van der Waals surface area contributed by atoms with Gasteiger partial charge in [0.25, 0.3) is 5.91 Å². The van der Waals surface area contributed by atoms with Crippen LogP contribution in [-0.4, -0.2) is 35.4 Å². The Labute approximate surface area is 229 Å². The van der Waals surface area contributed by atoms with E-state index >= 15 is 0 Å². The lowest BCUT2D eigenvalue weighted by molar-refractivity contribution is -0.143. The number of rotatable bonds is 11. The van der Waals surface area contributed by atoms with Gasteiger partial charge in [-0.2, -0.15) is 0 Å². The van der Waals surface area contributed by atoms with E-state index in [4.69, 9.17) is 27.9 Å². The van der Waals surface area contributed by atoms with Crippen LogP contribution in [0.5, 0.6) is 5.75 Å². The average Bonchev–Trinajstić information content (AvgIpc) is 2.86. The third-order valence-corrected chi connectivity index (χ3v) is 6.91. The van der Waals surface area contributed by atoms with E-state index < -0.39 is 6.04 Å². The van der Waals surface area contributed by atoms with Crippen molar-refractivity contribution in [3.8, 4) is 5.75 Å². The van der Waals surface area contributed by atoms with Gasteiger partial charge in [0.05, 0.1) is 10.0 Å². The van der Waals surface area contributed by atoms with Crippen molar-refractivity contribution < 1.29 is 14.3 Å². The number of carbonyl (C=O) groups is 2. The van der Waals surface area contributed by atoms with Gasteiger partial charge >= 0.3 is 0 Å². The molecule has 0 unspecified atom stereocenters. The minimum absolute atomic E-state index is 0.0285. The summed E-state index contributed by atoms with van der Waals surface area (Å²) in [6, 6.07) is 20.0. The highest BCUT2D eigenvalue weighted by Crippen LogP contribution is 2.25. The molecular weight excluding hydrogens is 507 g/mol. The molecule has 1 N–H and O–H groups in total. The topological polar surface area (TPSA) is 58.6 Å². The number of nitrogens with zero attached hydrogens (tertiary/aromatic N) is 1. The zero-order valence-corrected chi connectivity index (χ0v) is 23.3. The van der Waals surface area contributed by atoms with Crippen LogP contribution in [0.4, 0.5) is 0 Å². The highest BCUT2D eigenvalue weighted by molar-refractivity contribution is 6.42. The third kappa shape index (κ3) is 8.51. The van der Waals surface area contributed by atoms with Gasteiger partial charge in [0.2, 0.25) is 5.91 Å². The van der Waals surface area contributed by atoms with E-state index in [0.29, 0.717) is 22.2 Å². The molecule has 0 aliphatic rings. The molecule has 0 aliphatic carbocycles. The lowest BCUT2D eigenvalue weighted by Gasteiger charge is -2.32. The smallest absolute Gasteiger partial charge is 0.261 e.